The van der Waals surface area contributed by atoms with Crippen LogP contribution in [0.2, 0.25) is 0 Å². The van der Waals surface area contributed by atoms with Crippen LogP contribution in [-0.4, -0.2) is 29.9 Å². The smallest absolute Gasteiger partial charge is 0.319 e. The standard InChI is InChI=1S/C20H25ClNO4P/c1-3-25-27(24,26-4-2)20(18-13-9-6-10-14-18)22(19(23)15-21)16-17-11-7-5-8-12-17/h5-14,20H,3-4,15-16H2,1-2H3. The normalized spacial score (nSPS) is 12.6. The highest BCUT2D eigenvalue weighted by Gasteiger charge is 2.43. The third kappa shape index (κ3) is 5.66. The molecule has 27 heavy (non-hydrogen) atoms. The highest BCUT2D eigenvalue weighted by Crippen LogP contribution is 2.62. The molecule has 2 aromatic rings. The molecule has 0 aliphatic carbocycles. The van der Waals surface area contributed by atoms with Gasteiger partial charge in [-0.05, 0) is 25.0 Å². The third-order valence-electron chi connectivity index (χ3n) is 3.94. The number of halogens is 1. The minimum absolute atomic E-state index is 0.203. The van der Waals surface area contributed by atoms with Gasteiger partial charge in [0.2, 0.25) is 5.91 Å². The maximum Gasteiger partial charge on any atom is 0.357 e. The molecule has 0 bridgehead atoms. The topological polar surface area (TPSA) is 55.8 Å². The van der Waals surface area contributed by atoms with Crippen molar-refractivity contribution >= 4 is 25.1 Å². The Balaban J connectivity index is 2.55. The molecule has 146 valence electrons. The summed E-state index contributed by atoms with van der Waals surface area (Å²) in [7, 11) is -3.67. The van der Waals surface area contributed by atoms with Crippen LogP contribution in [0.4, 0.5) is 0 Å². The summed E-state index contributed by atoms with van der Waals surface area (Å²) in [6, 6.07) is 18.6. The van der Waals surface area contributed by atoms with E-state index in [1.54, 1.807) is 13.8 Å². The zero-order valence-electron chi connectivity index (χ0n) is 15.6. The number of hydrogen-bond donors (Lipinski definition) is 0. The average molecular weight is 410 g/mol. The van der Waals surface area contributed by atoms with Crippen LogP contribution in [0.25, 0.3) is 0 Å². The summed E-state index contributed by atoms with van der Waals surface area (Å²) < 4.78 is 24.9. The van der Waals surface area contributed by atoms with Crippen molar-refractivity contribution in [2.75, 3.05) is 19.1 Å². The van der Waals surface area contributed by atoms with E-state index < -0.39 is 13.4 Å². The third-order valence-corrected chi connectivity index (χ3v) is 6.58. The molecule has 2 aromatic carbocycles. The second-order valence-corrected chi connectivity index (χ2v) is 8.15. The van der Waals surface area contributed by atoms with Crippen molar-refractivity contribution in [3.63, 3.8) is 0 Å². The van der Waals surface area contributed by atoms with Crippen molar-refractivity contribution in [2.24, 2.45) is 0 Å². The number of carbonyl (C=O) groups is 1. The first kappa shape index (κ1) is 21.6. The first-order valence-electron chi connectivity index (χ1n) is 8.88. The van der Waals surface area contributed by atoms with Crippen LogP contribution in [0.5, 0.6) is 0 Å². The highest BCUT2D eigenvalue weighted by molar-refractivity contribution is 7.54. The molecule has 0 aliphatic heterocycles. The van der Waals surface area contributed by atoms with E-state index in [0.717, 1.165) is 5.56 Å². The largest absolute Gasteiger partial charge is 0.357 e. The van der Waals surface area contributed by atoms with Crippen molar-refractivity contribution in [3.05, 3.63) is 71.8 Å². The van der Waals surface area contributed by atoms with Gasteiger partial charge in [0.15, 0.2) is 5.78 Å². The second-order valence-electron chi connectivity index (χ2n) is 5.80. The van der Waals surface area contributed by atoms with E-state index >= 15 is 0 Å². The molecular formula is C20H25ClNO4P. The molecule has 0 N–H and O–H groups in total. The molecule has 0 heterocycles. The molecule has 0 saturated carbocycles. The average Bonchev–Trinajstić information content (AvgIpc) is 2.69. The van der Waals surface area contributed by atoms with Gasteiger partial charge in [-0.3, -0.25) is 9.36 Å². The van der Waals surface area contributed by atoms with Gasteiger partial charge in [-0.2, -0.15) is 0 Å². The lowest BCUT2D eigenvalue weighted by Gasteiger charge is -2.36. The molecule has 1 amide bonds. The van der Waals surface area contributed by atoms with Gasteiger partial charge >= 0.3 is 7.60 Å². The number of carbonyl (C=O) groups excluding carboxylic acids is 1. The number of rotatable bonds is 10. The van der Waals surface area contributed by atoms with E-state index in [4.69, 9.17) is 20.6 Å². The minimum Gasteiger partial charge on any atom is -0.319 e. The van der Waals surface area contributed by atoms with E-state index in [0.29, 0.717) is 5.56 Å². The van der Waals surface area contributed by atoms with Crippen molar-refractivity contribution in [1.29, 1.82) is 0 Å². The predicted molar refractivity (Wildman–Crippen MR) is 108 cm³/mol. The van der Waals surface area contributed by atoms with Gasteiger partial charge in [0.05, 0.1) is 13.2 Å². The van der Waals surface area contributed by atoms with Crippen LogP contribution in [0.3, 0.4) is 0 Å². The molecule has 5 nitrogen and oxygen atoms in total. The van der Waals surface area contributed by atoms with Gasteiger partial charge in [0.1, 0.15) is 5.88 Å². The summed E-state index contributed by atoms with van der Waals surface area (Å²) in [6.07, 6.45) is 0. The van der Waals surface area contributed by atoms with Crippen molar-refractivity contribution in [3.8, 4) is 0 Å². The summed E-state index contributed by atoms with van der Waals surface area (Å²) in [5.41, 5.74) is 1.58. The SMILES string of the molecule is CCOP(=O)(OCC)C(c1ccccc1)N(Cc1ccccc1)C(=O)CCl. The van der Waals surface area contributed by atoms with Gasteiger partial charge in [-0.25, -0.2) is 0 Å². The van der Waals surface area contributed by atoms with Gasteiger partial charge in [0, 0.05) is 6.54 Å². The second kappa shape index (κ2) is 10.6. The summed E-state index contributed by atoms with van der Waals surface area (Å²) in [5.74, 6) is -1.45. The van der Waals surface area contributed by atoms with Crippen molar-refractivity contribution in [1.82, 2.24) is 4.90 Å². The van der Waals surface area contributed by atoms with Gasteiger partial charge in [-0.1, -0.05) is 60.7 Å². The number of benzene rings is 2. The molecule has 7 heteroatoms. The highest BCUT2D eigenvalue weighted by atomic mass is 35.5. The maximum atomic E-state index is 13.7. The van der Waals surface area contributed by atoms with Crippen molar-refractivity contribution < 1.29 is 18.4 Å². The number of amides is 1. The van der Waals surface area contributed by atoms with E-state index in [-0.39, 0.29) is 31.5 Å². The minimum atomic E-state index is -3.67. The van der Waals surface area contributed by atoms with E-state index in [2.05, 4.69) is 0 Å². The van der Waals surface area contributed by atoms with Gasteiger partial charge in [-0.15, -0.1) is 11.6 Å². The summed E-state index contributed by atoms with van der Waals surface area (Å²) in [6.45, 7) is 4.15. The Kier molecular flexibility index (Phi) is 8.52. The van der Waals surface area contributed by atoms with Crippen molar-refractivity contribution in [2.45, 2.75) is 26.2 Å². The molecule has 0 radical (unpaired) electrons. The zero-order chi connectivity index (χ0) is 19.7. The Morgan fingerprint density at radius 3 is 2.00 bits per heavy atom. The van der Waals surface area contributed by atoms with E-state index in [1.807, 2.05) is 60.7 Å². The first-order chi connectivity index (χ1) is 13.1. The first-order valence-corrected chi connectivity index (χ1v) is 11.0. The molecule has 1 unspecified atom stereocenters. The predicted octanol–water partition coefficient (Wildman–Crippen LogP) is 5.22. The Morgan fingerprint density at radius 1 is 1.00 bits per heavy atom. The van der Waals surface area contributed by atoms with E-state index in [1.165, 1.54) is 4.90 Å². The Hall–Kier alpha value is -1.65. The van der Waals surface area contributed by atoms with Crippen LogP contribution in [0.1, 0.15) is 30.8 Å². The number of nitrogens with zero attached hydrogens (tertiary/aromatic N) is 1. The lowest BCUT2D eigenvalue weighted by molar-refractivity contribution is -0.130. The monoisotopic (exact) mass is 409 g/mol. The van der Waals surface area contributed by atoms with Gasteiger partial charge in [0.25, 0.3) is 0 Å². The lowest BCUT2D eigenvalue weighted by Crippen LogP contribution is -2.36. The van der Waals surface area contributed by atoms with Crippen LogP contribution in [0, 0.1) is 0 Å². The fraction of sp³-hybridized carbons (Fsp3) is 0.350. The maximum absolute atomic E-state index is 13.7. The van der Waals surface area contributed by atoms with Crippen LogP contribution < -0.4 is 0 Å². The summed E-state index contributed by atoms with van der Waals surface area (Å²) in [5, 5.41) is 0. The number of alkyl halides is 1. The van der Waals surface area contributed by atoms with E-state index in [9.17, 15) is 9.36 Å². The fourth-order valence-electron chi connectivity index (χ4n) is 2.86. The Morgan fingerprint density at radius 2 is 1.52 bits per heavy atom. The van der Waals surface area contributed by atoms with Gasteiger partial charge < -0.3 is 13.9 Å². The molecule has 0 spiro atoms. The lowest BCUT2D eigenvalue weighted by atomic mass is 10.1. The molecule has 2 rings (SSSR count). The zero-order valence-corrected chi connectivity index (χ0v) is 17.2. The van der Waals surface area contributed by atoms with Crippen LogP contribution >= 0.6 is 19.2 Å². The molecule has 0 aliphatic rings. The Bertz CT molecular complexity index is 747. The molecule has 0 fully saturated rings. The fourth-order valence-corrected chi connectivity index (χ4v) is 5.18. The summed E-state index contributed by atoms with van der Waals surface area (Å²) in [4.78, 5) is 14.2. The molecule has 0 aromatic heterocycles. The molecule has 1 atom stereocenters. The van der Waals surface area contributed by atoms with Crippen LogP contribution in [0.15, 0.2) is 60.7 Å². The quantitative estimate of drug-likeness (QED) is 0.399. The summed E-state index contributed by atoms with van der Waals surface area (Å²) >= 11 is 5.89. The Labute approximate surface area is 165 Å². The van der Waals surface area contributed by atoms with Crippen LogP contribution in [-0.2, 0) is 25.0 Å². The molecule has 0 saturated heterocycles. The molecular weight excluding hydrogens is 385 g/mol. The number of hydrogen-bond acceptors (Lipinski definition) is 4.